The Labute approximate surface area is 221 Å². The number of fused-ring (bicyclic) bond motifs is 2. The smallest absolute Gasteiger partial charge is 0.282 e. The Hall–Kier alpha value is -5.45. The van der Waals surface area contributed by atoms with Crippen molar-refractivity contribution in [2.75, 3.05) is 10.6 Å². The number of phenolic OH excluding ortho intramolecular Hbond substituents is 1. The summed E-state index contributed by atoms with van der Waals surface area (Å²) in [7, 11) is 0. The summed E-state index contributed by atoms with van der Waals surface area (Å²) in [5, 5.41) is 21.1. The van der Waals surface area contributed by atoms with Gasteiger partial charge >= 0.3 is 0 Å². The first-order chi connectivity index (χ1) is 18.9. The standard InChI is InChI=1S/C28H24N8O3/c1-16-11-12-35-23(16)28(39)36(19-8-4-3-5-9-19)26(34-35)17(2)32-25-22-21(14-29-24(22)30-15-31-25)27(38)33-18-7-6-10-20(37)13-18/h3-15,17,37H,1-2H3,(H,33,38)(H2,29,30,31,32). The van der Waals surface area contributed by atoms with Crippen molar-refractivity contribution in [2.24, 2.45) is 0 Å². The molecule has 1 unspecified atom stereocenters. The minimum Gasteiger partial charge on any atom is -0.508 e. The number of aromatic amines is 1. The van der Waals surface area contributed by atoms with Gasteiger partial charge in [-0.3, -0.25) is 14.2 Å². The highest BCUT2D eigenvalue weighted by molar-refractivity contribution is 6.14. The number of aryl methyl sites for hydroxylation is 1. The van der Waals surface area contributed by atoms with Crippen LogP contribution >= 0.6 is 0 Å². The number of H-pyrrole nitrogens is 1. The van der Waals surface area contributed by atoms with Crippen LogP contribution < -0.4 is 16.2 Å². The van der Waals surface area contributed by atoms with E-state index in [0.29, 0.717) is 45.1 Å². The van der Waals surface area contributed by atoms with Crippen molar-refractivity contribution in [1.82, 2.24) is 29.1 Å². The Morgan fingerprint density at radius 3 is 2.69 bits per heavy atom. The molecule has 4 heterocycles. The number of para-hydroxylation sites is 1. The predicted molar refractivity (Wildman–Crippen MR) is 148 cm³/mol. The summed E-state index contributed by atoms with van der Waals surface area (Å²) < 4.78 is 3.18. The molecular weight excluding hydrogens is 496 g/mol. The van der Waals surface area contributed by atoms with Crippen LogP contribution in [0.4, 0.5) is 11.5 Å². The molecule has 0 aliphatic carbocycles. The fourth-order valence-corrected chi connectivity index (χ4v) is 4.64. The van der Waals surface area contributed by atoms with E-state index in [1.54, 1.807) is 33.6 Å². The van der Waals surface area contributed by atoms with E-state index in [-0.39, 0.29) is 11.3 Å². The number of nitrogens with one attached hydrogen (secondary N) is 3. The van der Waals surface area contributed by atoms with Crippen LogP contribution in [0.1, 0.15) is 34.7 Å². The SMILES string of the molecule is Cc1ccn2nc(C(C)Nc3ncnc4[nH]cc(C(=O)Nc5cccc(O)c5)c34)n(-c3ccccc3)c(=O)c12. The van der Waals surface area contributed by atoms with Gasteiger partial charge in [0.1, 0.15) is 29.1 Å². The second-order valence-corrected chi connectivity index (χ2v) is 9.14. The average molecular weight is 521 g/mol. The molecule has 2 aromatic carbocycles. The third-order valence-corrected chi connectivity index (χ3v) is 6.49. The summed E-state index contributed by atoms with van der Waals surface area (Å²) in [4.78, 5) is 38.6. The molecule has 0 saturated carbocycles. The minimum absolute atomic E-state index is 0.0399. The molecular formula is C28H24N8O3. The largest absolute Gasteiger partial charge is 0.508 e. The number of hydrogen-bond acceptors (Lipinski definition) is 7. The maximum atomic E-state index is 13.7. The van der Waals surface area contributed by atoms with Gasteiger partial charge in [0, 0.05) is 24.1 Å². The van der Waals surface area contributed by atoms with Crippen LogP contribution in [-0.2, 0) is 0 Å². The van der Waals surface area contributed by atoms with Crippen LogP contribution in [0.25, 0.3) is 22.2 Å². The molecule has 6 aromatic rings. The topological polar surface area (TPSA) is 142 Å². The molecule has 0 aliphatic heterocycles. The maximum absolute atomic E-state index is 13.7. The zero-order valence-electron chi connectivity index (χ0n) is 21.1. The Kier molecular flexibility index (Phi) is 5.80. The van der Waals surface area contributed by atoms with Gasteiger partial charge in [-0.1, -0.05) is 24.3 Å². The van der Waals surface area contributed by atoms with Gasteiger partial charge in [-0.05, 0) is 49.7 Å². The van der Waals surface area contributed by atoms with Crippen LogP contribution in [-0.4, -0.2) is 40.1 Å². The van der Waals surface area contributed by atoms with Gasteiger partial charge in [-0.25, -0.2) is 14.5 Å². The third kappa shape index (κ3) is 4.25. The lowest BCUT2D eigenvalue weighted by atomic mass is 10.2. The number of nitrogens with zero attached hydrogens (tertiary/aromatic N) is 5. The first-order valence-corrected chi connectivity index (χ1v) is 12.3. The first-order valence-electron chi connectivity index (χ1n) is 12.3. The van der Waals surface area contributed by atoms with Crippen molar-refractivity contribution in [3.63, 3.8) is 0 Å². The number of phenols is 1. The number of hydrogen-bond donors (Lipinski definition) is 4. The number of anilines is 2. The van der Waals surface area contributed by atoms with Crippen molar-refractivity contribution in [2.45, 2.75) is 19.9 Å². The second-order valence-electron chi connectivity index (χ2n) is 9.14. The number of benzene rings is 2. The van der Waals surface area contributed by atoms with Gasteiger partial charge in [0.05, 0.1) is 22.7 Å². The van der Waals surface area contributed by atoms with Crippen molar-refractivity contribution in [3.8, 4) is 11.4 Å². The molecule has 0 spiro atoms. The van der Waals surface area contributed by atoms with E-state index >= 15 is 0 Å². The Balaban J connectivity index is 1.42. The molecule has 4 N–H and O–H groups in total. The first kappa shape index (κ1) is 23.9. The summed E-state index contributed by atoms with van der Waals surface area (Å²) in [5.74, 6) is 0.494. The second kappa shape index (κ2) is 9.45. The lowest BCUT2D eigenvalue weighted by molar-refractivity contribution is 0.102. The van der Waals surface area contributed by atoms with Crippen molar-refractivity contribution in [1.29, 1.82) is 0 Å². The Morgan fingerprint density at radius 1 is 1.08 bits per heavy atom. The van der Waals surface area contributed by atoms with Gasteiger partial charge in [-0.15, -0.1) is 0 Å². The maximum Gasteiger partial charge on any atom is 0.282 e. The molecule has 4 aromatic heterocycles. The molecule has 0 radical (unpaired) electrons. The molecule has 11 heteroatoms. The summed E-state index contributed by atoms with van der Waals surface area (Å²) in [6, 6.07) is 17.0. The molecule has 194 valence electrons. The molecule has 1 amide bonds. The van der Waals surface area contributed by atoms with Gasteiger partial charge in [0.2, 0.25) is 0 Å². The normalized spacial score (nSPS) is 12.1. The lowest BCUT2D eigenvalue weighted by Gasteiger charge is -2.20. The molecule has 11 nitrogen and oxygen atoms in total. The number of aromatic nitrogens is 6. The monoisotopic (exact) mass is 520 g/mol. The van der Waals surface area contributed by atoms with Crippen molar-refractivity contribution >= 4 is 34.0 Å². The van der Waals surface area contributed by atoms with Crippen LogP contribution in [0, 0.1) is 6.92 Å². The predicted octanol–water partition coefficient (Wildman–Crippen LogP) is 4.20. The fraction of sp³-hybridized carbons (Fsp3) is 0.107. The third-order valence-electron chi connectivity index (χ3n) is 6.49. The number of rotatable bonds is 6. The van der Waals surface area contributed by atoms with E-state index < -0.39 is 11.9 Å². The van der Waals surface area contributed by atoms with Crippen molar-refractivity contribution in [3.05, 3.63) is 107 Å². The quantitative estimate of drug-likeness (QED) is 0.258. The average Bonchev–Trinajstić information content (AvgIpc) is 3.53. The highest BCUT2D eigenvalue weighted by Crippen LogP contribution is 2.28. The Bertz CT molecular complexity index is 1910. The summed E-state index contributed by atoms with van der Waals surface area (Å²) in [6.07, 6.45) is 4.71. The Morgan fingerprint density at radius 2 is 1.90 bits per heavy atom. The molecule has 0 fully saturated rings. The summed E-state index contributed by atoms with van der Waals surface area (Å²) in [5.41, 5.74) is 3.04. The number of carbonyl (C=O) groups excluding carboxylic acids is 1. The molecule has 39 heavy (non-hydrogen) atoms. The van der Waals surface area contributed by atoms with E-state index in [4.69, 9.17) is 5.10 Å². The van der Waals surface area contributed by atoms with Crippen LogP contribution in [0.5, 0.6) is 5.75 Å². The fourth-order valence-electron chi connectivity index (χ4n) is 4.64. The highest BCUT2D eigenvalue weighted by atomic mass is 16.3. The van der Waals surface area contributed by atoms with Gasteiger partial charge in [-0.2, -0.15) is 5.10 Å². The van der Waals surface area contributed by atoms with Crippen LogP contribution in [0.2, 0.25) is 0 Å². The molecule has 0 aliphatic rings. The van der Waals surface area contributed by atoms with Gasteiger partial charge in [0.15, 0.2) is 5.82 Å². The number of amides is 1. The van der Waals surface area contributed by atoms with Crippen LogP contribution in [0.15, 0.2) is 84.2 Å². The van der Waals surface area contributed by atoms with E-state index in [1.807, 2.05) is 50.2 Å². The zero-order chi connectivity index (χ0) is 27.1. The molecule has 0 saturated heterocycles. The number of carbonyl (C=O) groups is 1. The number of aromatic hydroxyl groups is 1. The van der Waals surface area contributed by atoms with Gasteiger partial charge in [0.25, 0.3) is 11.5 Å². The van der Waals surface area contributed by atoms with E-state index in [0.717, 1.165) is 5.56 Å². The van der Waals surface area contributed by atoms with Crippen LogP contribution in [0.3, 0.4) is 0 Å². The summed E-state index contributed by atoms with van der Waals surface area (Å²) >= 11 is 0. The molecule has 0 bridgehead atoms. The van der Waals surface area contributed by atoms with Crippen molar-refractivity contribution < 1.29 is 9.90 Å². The molecule has 6 rings (SSSR count). The summed E-state index contributed by atoms with van der Waals surface area (Å²) in [6.45, 7) is 3.75. The van der Waals surface area contributed by atoms with E-state index in [2.05, 4.69) is 25.6 Å². The van der Waals surface area contributed by atoms with E-state index in [9.17, 15) is 14.7 Å². The minimum atomic E-state index is -0.500. The van der Waals surface area contributed by atoms with Gasteiger partial charge < -0.3 is 20.7 Å². The van der Waals surface area contributed by atoms with E-state index in [1.165, 1.54) is 18.5 Å². The highest BCUT2D eigenvalue weighted by Gasteiger charge is 2.23. The molecule has 1 atom stereocenters. The zero-order valence-corrected chi connectivity index (χ0v) is 21.1. The lowest BCUT2D eigenvalue weighted by Crippen LogP contribution is -2.29.